The fourth-order valence-electron chi connectivity index (χ4n) is 2.11. The van der Waals surface area contributed by atoms with Gasteiger partial charge < -0.3 is 9.72 Å². The van der Waals surface area contributed by atoms with Crippen molar-refractivity contribution in [3.63, 3.8) is 0 Å². The van der Waals surface area contributed by atoms with Crippen LogP contribution in [0.3, 0.4) is 0 Å². The first kappa shape index (κ1) is 15.4. The molecule has 0 radical (unpaired) electrons. The molecule has 0 saturated heterocycles. The molecule has 0 fully saturated rings. The summed E-state index contributed by atoms with van der Waals surface area (Å²) in [6, 6.07) is 10.0. The maximum absolute atomic E-state index is 5.53. The summed E-state index contributed by atoms with van der Waals surface area (Å²) in [6.07, 6.45) is -0.104. The summed E-state index contributed by atoms with van der Waals surface area (Å²) in [5.74, 6) is 1.07. The van der Waals surface area contributed by atoms with Gasteiger partial charge in [0, 0.05) is 7.11 Å². The summed E-state index contributed by atoms with van der Waals surface area (Å²) in [7, 11) is 1.69. The molecule has 106 valence electrons. The molecule has 1 aromatic carbocycles. The first-order chi connectivity index (χ1) is 9.54. The Bertz CT molecular complexity index is 640. The molecule has 2 rings (SSSR count). The summed E-state index contributed by atoms with van der Waals surface area (Å²) >= 11 is 8.87. The van der Waals surface area contributed by atoms with Gasteiger partial charge in [-0.05, 0) is 27.4 Å². The Morgan fingerprint density at radius 2 is 1.90 bits per heavy atom. The average Bonchev–Trinajstić information content (AvgIpc) is 2.43. The van der Waals surface area contributed by atoms with Crippen LogP contribution in [-0.4, -0.2) is 17.1 Å². The quantitative estimate of drug-likeness (QED) is 0.794. The number of rotatable bonds is 4. The third-order valence-electron chi connectivity index (χ3n) is 3.07. The Labute approximate surface area is 132 Å². The highest BCUT2D eigenvalue weighted by molar-refractivity contribution is 9.10. The Balaban J connectivity index is 2.59. The molecule has 0 bridgehead atoms. The first-order valence-corrected chi connectivity index (χ1v) is 7.62. The standard InChI is InChI=1S/C15H17BrN2OS/c1-9(2)13(19-3)14-17-12(11(16)15(20)18-14)10-7-5-4-6-8-10/h4-9,13H,1-3H3,(H,17,18,20). The Hall–Kier alpha value is -1.04. The van der Waals surface area contributed by atoms with Gasteiger partial charge in [0.05, 0.1) is 10.2 Å². The smallest absolute Gasteiger partial charge is 0.144 e. The second-order valence-corrected chi connectivity index (χ2v) is 6.06. The number of halogens is 1. The molecule has 1 heterocycles. The van der Waals surface area contributed by atoms with Crippen LogP contribution in [0.25, 0.3) is 11.3 Å². The van der Waals surface area contributed by atoms with Crippen LogP contribution >= 0.6 is 28.1 Å². The van der Waals surface area contributed by atoms with Crippen LogP contribution in [0, 0.1) is 10.6 Å². The van der Waals surface area contributed by atoms with Crippen molar-refractivity contribution in [2.24, 2.45) is 5.92 Å². The van der Waals surface area contributed by atoms with Gasteiger partial charge in [-0.1, -0.05) is 56.4 Å². The number of aromatic nitrogens is 2. The minimum atomic E-state index is -0.104. The van der Waals surface area contributed by atoms with E-state index in [1.54, 1.807) is 7.11 Å². The van der Waals surface area contributed by atoms with Crippen molar-refractivity contribution in [2.75, 3.05) is 7.11 Å². The van der Waals surface area contributed by atoms with Gasteiger partial charge in [-0.25, -0.2) is 4.98 Å². The zero-order valence-electron chi connectivity index (χ0n) is 11.7. The number of benzene rings is 1. The molecule has 1 atom stereocenters. The van der Waals surface area contributed by atoms with Gasteiger partial charge in [0.1, 0.15) is 16.6 Å². The van der Waals surface area contributed by atoms with Crippen LogP contribution in [0.15, 0.2) is 34.8 Å². The van der Waals surface area contributed by atoms with Crippen LogP contribution in [-0.2, 0) is 4.74 Å². The van der Waals surface area contributed by atoms with E-state index in [1.165, 1.54) is 0 Å². The topological polar surface area (TPSA) is 37.9 Å². The molecule has 1 unspecified atom stereocenters. The Kier molecular flexibility index (Phi) is 5.07. The van der Waals surface area contributed by atoms with Gasteiger partial charge in [0.25, 0.3) is 0 Å². The molecular weight excluding hydrogens is 336 g/mol. The third-order valence-corrected chi connectivity index (χ3v) is 4.40. The number of nitrogens with one attached hydrogen (secondary N) is 1. The first-order valence-electron chi connectivity index (χ1n) is 6.42. The predicted molar refractivity (Wildman–Crippen MR) is 87.1 cm³/mol. The number of hydrogen-bond donors (Lipinski definition) is 1. The molecule has 0 saturated carbocycles. The minimum absolute atomic E-state index is 0.104. The van der Waals surface area contributed by atoms with Crippen molar-refractivity contribution in [3.8, 4) is 11.3 Å². The minimum Gasteiger partial charge on any atom is -0.373 e. The largest absolute Gasteiger partial charge is 0.373 e. The van der Waals surface area contributed by atoms with E-state index in [0.29, 0.717) is 10.6 Å². The molecular formula is C15H17BrN2OS. The lowest BCUT2D eigenvalue weighted by Gasteiger charge is -2.19. The second kappa shape index (κ2) is 6.61. The van der Waals surface area contributed by atoms with E-state index in [9.17, 15) is 0 Å². The van der Waals surface area contributed by atoms with Crippen molar-refractivity contribution >= 4 is 28.1 Å². The van der Waals surface area contributed by atoms with E-state index < -0.39 is 0 Å². The average molecular weight is 353 g/mol. The Morgan fingerprint density at radius 1 is 1.25 bits per heavy atom. The lowest BCUT2D eigenvalue weighted by molar-refractivity contribution is 0.0574. The highest BCUT2D eigenvalue weighted by Gasteiger charge is 2.19. The van der Waals surface area contributed by atoms with Crippen molar-refractivity contribution in [2.45, 2.75) is 20.0 Å². The molecule has 0 spiro atoms. The number of methoxy groups -OCH3 is 1. The molecule has 0 aliphatic heterocycles. The van der Waals surface area contributed by atoms with Crippen molar-refractivity contribution < 1.29 is 4.74 Å². The van der Waals surface area contributed by atoms with E-state index in [-0.39, 0.29) is 6.10 Å². The summed E-state index contributed by atoms with van der Waals surface area (Å²) < 4.78 is 6.88. The van der Waals surface area contributed by atoms with Gasteiger partial charge in [-0.15, -0.1) is 0 Å². The fraction of sp³-hybridized carbons (Fsp3) is 0.333. The van der Waals surface area contributed by atoms with Crippen LogP contribution in [0.1, 0.15) is 25.8 Å². The zero-order valence-corrected chi connectivity index (χ0v) is 14.1. The van der Waals surface area contributed by atoms with E-state index in [2.05, 4.69) is 39.7 Å². The molecule has 3 nitrogen and oxygen atoms in total. The van der Waals surface area contributed by atoms with Crippen LogP contribution in [0.5, 0.6) is 0 Å². The number of nitrogens with zero attached hydrogens (tertiary/aromatic N) is 1. The highest BCUT2D eigenvalue weighted by Crippen LogP contribution is 2.30. The summed E-state index contributed by atoms with van der Waals surface area (Å²) in [5, 5.41) is 0. The number of hydrogen-bond acceptors (Lipinski definition) is 3. The van der Waals surface area contributed by atoms with Gasteiger partial charge in [0.15, 0.2) is 0 Å². The second-order valence-electron chi connectivity index (χ2n) is 4.88. The van der Waals surface area contributed by atoms with Gasteiger partial charge in [-0.2, -0.15) is 0 Å². The highest BCUT2D eigenvalue weighted by atomic mass is 79.9. The van der Waals surface area contributed by atoms with Crippen LogP contribution in [0.2, 0.25) is 0 Å². The van der Waals surface area contributed by atoms with Crippen LogP contribution < -0.4 is 0 Å². The van der Waals surface area contributed by atoms with E-state index in [4.69, 9.17) is 17.0 Å². The summed E-state index contributed by atoms with van der Waals surface area (Å²) in [5.41, 5.74) is 2.00. The SMILES string of the molecule is COC(c1nc(=S)c(Br)c(-c2ccccc2)[nH]1)C(C)C. The zero-order chi connectivity index (χ0) is 14.7. The van der Waals surface area contributed by atoms with Crippen LogP contribution in [0.4, 0.5) is 0 Å². The summed E-state index contributed by atoms with van der Waals surface area (Å²) in [6.45, 7) is 4.19. The van der Waals surface area contributed by atoms with E-state index in [1.807, 2.05) is 30.3 Å². The summed E-state index contributed by atoms with van der Waals surface area (Å²) in [4.78, 5) is 7.79. The molecule has 0 aliphatic rings. The van der Waals surface area contributed by atoms with Gasteiger partial charge in [-0.3, -0.25) is 0 Å². The monoisotopic (exact) mass is 352 g/mol. The number of ether oxygens (including phenoxy) is 1. The molecule has 0 aliphatic carbocycles. The Morgan fingerprint density at radius 3 is 2.45 bits per heavy atom. The van der Waals surface area contributed by atoms with Crippen molar-refractivity contribution in [3.05, 3.63) is 45.3 Å². The van der Waals surface area contributed by atoms with Crippen molar-refractivity contribution in [1.29, 1.82) is 0 Å². The van der Waals surface area contributed by atoms with Gasteiger partial charge in [0.2, 0.25) is 0 Å². The van der Waals surface area contributed by atoms with E-state index >= 15 is 0 Å². The maximum atomic E-state index is 5.53. The predicted octanol–water partition coefficient (Wildman–Crippen LogP) is 4.91. The molecule has 20 heavy (non-hydrogen) atoms. The maximum Gasteiger partial charge on any atom is 0.144 e. The lowest BCUT2D eigenvalue weighted by Crippen LogP contribution is -2.13. The fourth-order valence-corrected chi connectivity index (χ4v) is 2.73. The molecule has 5 heteroatoms. The normalized spacial score (nSPS) is 12.7. The van der Waals surface area contributed by atoms with Gasteiger partial charge >= 0.3 is 0 Å². The molecule has 1 aromatic heterocycles. The van der Waals surface area contributed by atoms with Crippen molar-refractivity contribution in [1.82, 2.24) is 9.97 Å². The number of aromatic amines is 1. The van der Waals surface area contributed by atoms with E-state index in [0.717, 1.165) is 21.6 Å². The molecule has 1 N–H and O–H groups in total. The molecule has 0 amide bonds. The molecule has 2 aromatic rings. The number of H-pyrrole nitrogens is 1. The third kappa shape index (κ3) is 3.16. The lowest BCUT2D eigenvalue weighted by atomic mass is 10.1.